The maximum Gasteiger partial charge on any atom is 0.341 e. The Balaban J connectivity index is 1.35. The highest BCUT2D eigenvalue weighted by Crippen LogP contribution is 2.49. The number of thioether (sulfide) groups is 1. The molecule has 0 radical (unpaired) electrons. The van der Waals surface area contributed by atoms with Crippen LogP contribution in [0.4, 0.5) is 20.2 Å². The van der Waals surface area contributed by atoms with Gasteiger partial charge in [0.2, 0.25) is 0 Å². The van der Waals surface area contributed by atoms with Gasteiger partial charge in [-0.2, -0.15) is 8.78 Å². The first-order chi connectivity index (χ1) is 16.3. The SMILES string of the molecule is C[C@H](OC(=O)c1ccccc1Nc1ccc(SC(F)F)cc1)C(=O)N[C@H](C)[C@@H]1C[C@@H]2CC[C@@H]1C2. The molecule has 2 N–H and O–H groups in total. The number of amides is 1. The molecule has 5 atom stereocenters. The Morgan fingerprint density at radius 3 is 2.41 bits per heavy atom. The summed E-state index contributed by atoms with van der Waals surface area (Å²) in [7, 11) is 0. The lowest BCUT2D eigenvalue weighted by Crippen LogP contribution is -2.45. The second kappa shape index (κ2) is 10.8. The Morgan fingerprint density at radius 1 is 1.03 bits per heavy atom. The third-order valence-electron chi connectivity index (χ3n) is 6.96. The van der Waals surface area contributed by atoms with E-state index in [1.807, 2.05) is 6.92 Å². The van der Waals surface area contributed by atoms with Crippen molar-refractivity contribution >= 4 is 35.0 Å². The van der Waals surface area contributed by atoms with Gasteiger partial charge in [-0.15, -0.1) is 0 Å². The zero-order valence-corrected chi connectivity index (χ0v) is 20.1. The van der Waals surface area contributed by atoms with Crippen LogP contribution in [0.25, 0.3) is 0 Å². The molecular weight excluding hydrogens is 458 g/mol. The van der Waals surface area contributed by atoms with Gasteiger partial charge in [-0.05, 0) is 87.3 Å². The number of nitrogens with one attached hydrogen (secondary N) is 2. The van der Waals surface area contributed by atoms with Crippen LogP contribution in [0, 0.1) is 17.8 Å². The number of anilines is 2. The van der Waals surface area contributed by atoms with Crippen LogP contribution >= 0.6 is 11.8 Å². The molecule has 2 aromatic carbocycles. The van der Waals surface area contributed by atoms with E-state index in [-0.39, 0.29) is 17.5 Å². The number of esters is 1. The fourth-order valence-corrected chi connectivity index (χ4v) is 5.78. The highest BCUT2D eigenvalue weighted by Gasteiger charge is 2.42. The maximum atomic E-state index is 12.9. The van der Waals surface area contributed by atoms with Crippen molar-refractivity contribution in [2.45, 2.75) is 62.3 Å². The van der Waals surface area contributed by atoms with Gasteiger partial charge < -0.3 is 15.4 Å². The maximum absolute atomic E-state index is 12.9. The van der Waals surface area contributed by atoms with Crippen molar-refractivity contribution in [1.82, 2.24) is 5.32 Å². The Hall–Kier alpha value is -2.61. The number of ether oxygens (including phenoxy) is 1. The van der Waals surface area contributed by atoms with Gasteiger partial charge >= 0.3 is 5.97 Å². The number of hydrogen-bond acceptors (Lipinski definition) is 5. The molecule has 0 heterocycles. The van der Waals surface area contributed by atoms with E-state index < -0.39 is 17.8 Å². The Kier molecular flexibility index (Phi) is 7.76. The quantitative estimate of drug-likeness (QED) is 0.323. The zero-order chi connectivity index (χ0) is 24.2. The van der Waals surface area contributed by atoms with Crippen molar-refractivity contribution in [3.63, 3.8) is 0 Å². The van der Waals surface area contributed by atoms with Crippen molar-refractivity contribution in [1.29, 1.82) is 0 Å². The molecule has 0 spiro atoms. The Bertz CT molecular complexity index is 1020. The normalized spacial score (nSPS) is 22.9. The van der Waals surface area contributed by atoms with Gasteiger partial charge in [-0.25, -0.2) is 4.79 Å². The van der Waals surface area contributed by atoms with Gasteiger partial charge in [0.15, 0.2) is 6.10 Å². The minimum Gasteiger partial charge on any atom is -0.449 e. The minimum absolute atomic E-state index is 0.0594. The predicted octanol–water partition coefficient (Wildman–Crippen LogP) is 6.23. The number of carbonyl (C=O) groups is 2. The number of para-hydroxylation sites is 1. The number of alkyl halides is 2. The zero-order valence-electron chi connectivity index (χ0n) is 19.3. The average Bonchev–Trinajstić information content (AvgIpc) is 3.44. The molecule has 2 fully saturated rings. The van der Waals surface area contributed by atoms with Gasteiger partial charge in [0, 0.05) is 16.6 Å². The van der Waals surface area contributed by atoms with Crippen LogP contribution in [-0.2, 0) is 9.53 Å². The summed E-state index contributed by atoms with van der Waals surface area (Å²) in [6.07, 6.45) is 4.07. The summed E-state index contributed by atoms with van der Waals surface area (Å²) >= 11 is 0.473. The third-order valence-corrected chi connectivity index (χ3v) is 7.69. The summed E-state index contributed by atoms with van der Waals surface area (Å²) < 4.78 is 30.5. The van der Waals surface area contributed by atoms with E-state index in [4.69, 9.17) is 4.74 Å². The number of rotatable bonds is 9. The van der Waals surface area contributed by atoms with E-state index in [1.54, 1.807) is 55.5 Å². The molecule has 0 saturated heterocycles. The van der Waals surface area contributed by atoms with Gasteiger partial charge in [0.1, 0.15) is 0 Å². The number of carbonyl (C=O) groups excluding carboxylic acids is 2. The summed E-state index contributed by atoms with van der Waals surface area (Å²) in [5, 5.41) is 6.17. The third kappa shape index (κ3) is 5.90. The highest BCUT2D eigenvalue weighted by molar-refractivity contribution is 7.99. The lowest BCUT2D eigenvalue weighted by molar-refractivity contribution is -0.130. The van der Waals surface area contributed by atoms with Gasteiger partial charge in [-0.1, -0.05) is 30.3 Å². The van der Waals surface area contributed by atoms with Crippen molar-refractivity contribution in [2.75, 3.05) is 5.32 Å². The van der Waals surface area contributed by atoms with E-state index in [2.05, 4.69) is 10.6 Å². The van der Waals surface area contributed by atoms with Crippen LogP contribution in [0.2, 0.25) is 0 Å². The molecule has 2 aromatic rings. The van der Waals surface area contributed by atoms with Gasteiger partial charge in [0.05, 0.1) is 11.3 Å². The van der Waals surface area contributed by atoms with Crippen molar-refractivity contribution < 1.29 is 23.1 Å². The van der Waals surface area contributed by atoms with Crippen molar-refractivity contribution in [3.8, 4) is 0 Å². The molecule has 182 valence electrons. The molecule has 0 aromatic heterocycles. The number of benzene rings is 2. The van der Waals surface area contributed by atoms with Crippen LogP contribution in [0.15, 0.2) is 53.4 Å². The largest absolute Gasteiger partial charge is 0.449 e. The topological polar surface area (TPSA) is 67.4 Å². The molecule has 0 aliphatic heterocycles. The van der Waals surface area contributed by atoms with Crippen LogP contribution in [0.3, 0.4) is 0 Å². The molecule has 0 unspecified atom stereocenters. The molecule has 2 aliphatic carbocycles. The standard InChI is InChI=1S/C26H30F2N2O3S/c1-15(22-14-17-7-8-18(22)13-17)29-24(31)16(2)33-25(32)21-5-3-4-6-23(21)30-19-9-11-20(12-10-19)34-26(27)28/h3-6,9-12,15-18,22,26,30H,7-8,13-14H2,1-2H3,(H,29,31)/t15-,16+,17-,18-,22+/m1/s1. The van der Waals surface area contributed by atoms with Crippen LogP contribution in [-0.4, -0.2) is 29.8 Å². The van der Waals surface area contributed by atoms with Crippen LogP contribution < -0.4 is 10.6 Å². The second-order valence-electron chi connectivity index (χ2n) is 9.26. The first kappa shape index (κ1) is 24.5. The Morgan fingerprint density at radius 2 is 1.76 bits per heavy atom. The monoisotopic (exact) mass is 488 g/mol. The lowest BCUT2D eigenvalue weighted by atomic mass is 9.84. The van der Waals surface area contributed by atoms with Crippen LogP contribution in [0.1, 0.15) is 49.9 Å². The van der Waals surface area contributed by atoms with E-state index in [0.29, 0.717) is 39.9 Å². The highest BCUT2D eigenvalue weighted by atomic mass is 32.2. The number of fused-ring (bicyclic) bond motifs is 2. The molecule has 2 saturated carbocycles. The Labute approximate surface area is 203 Å². The molecule has 2 aliphatic rings. The number of halogens is 2. The van der Waals surface area contributed by atoms with E-state index in [9.17, 15) is 18.4 Å². The predicted molar refractivity (Wildman–Crippen MR) is 129 cm³/mol. The fraction of sp³-hybridized carbons (Fsp3) is 0.462. The van der Waals surface area contributed by atoms with Gasteiger partial charge in [0.25, 0.3) is 11.7 Å². The molecule has 2 bridgehead atoms. The molecule has 8 heteroatoms. The number of hydrogen-bond donors (Lipinski definition) is 2. The first-order valence-corrected chi connectivity index (χ1v) is 12.6. The van der Waals surface area contributed by atoms with Gasteiger partial charge in [-0.3, -0.25) is 4.79 Å². The summed E-state index contributed by atoms with van der Waals surface area (Å²) in [5.74, 6) is -1.39. The molecular formula is C26H30F2N2O3S. The average molecular weight is 489 g/mol. The summed E-state index contributed by atoms with van der Waals surface area (Å²) in [4.78, 5) is 26.0. The first-order valence-electron chi connectivity index (χ1n) is 11.7. The fourth-order valence-electron chi connectivity index (χ4n) is 5.28. The van der Waals surface area contributed by atoms with Crippen molar-refractivity contribution in [2.24, 2.45) is 17.8 Å². The molecule has 1 amide bonds. The summed E-state index contributed by atoms with van der Waals surface area (Å²) in [6.45, 7) is 3.62. The lowest BCUT2D eigenvalue weighted by Gasteiger charge is -2.29. The summed E-state index contributed by atoms with van der Waals surface area (Å²) in [6, 6.07) is 13.4. The molecule has 34 heavy (non-hydrogen) atoms. The molecule has 4 rings (SSSR count). The second-order valence-corrected chi connectivity index (χ2v) is 10.3. The van der Waals surface area contributed by atoms with Crippen LogP contribution in [0.5, 0.6) is 0 Å². The molecule has 5 nitrogen and oxygen atoms in total. The summed E-state index contributed by atoms with van der Waals surface area (Å²) in [5.41, 5.74) is 1.43. The smallest absolute Gasteiger partial charge is 0.341 e. The minimum atomic E-state index is -2.48. The van der Waals surface area contributed by atoms with E-state index in [0.717, 1.165) is 5.92 Å². The van der Waals surface area contributed by atoms with Crippen molar-refractivity contribution in [3.05, 3.63) is 54.1 Å². The van der Waals surface area contributed by atoms with E-state index in [1.165, 1.54) is 25.7 Å². The van der Waals surface area contributed by atoms with E-state index >= 15 is 0 Å².